The van der Waals surface area contributed by atoms with Gasteiger partial charge in [-0.1, -0.05) is 13.3 Å². The molecule has 6 heteroatoms. The van der Waals surface area contributed by atoms with Crippen LogP contribution in [0.25, 0.3) is 0 Å². The van der Waals surface area contributed by atoms with Gasteiger partial charge in [-0.25, -0.2) is 0 Å². The van der Waals surface area contributed by atoms with Crippen molar-refractivity contribution in [1.82, 2.24) is 0 Å². The standard InChI is InChI=1S/C16H22N2O2S2/c1-11(8-19)9-21-10-15(20)18-16-13(7-17)12-5-3-2-4-6-14(12)22-16/h11,19H,2-6,8-10H2,1H3,(H,18,20). The highest BCUT2D eigenvalue weighted by molar-refractivity contribution is 7.99. The summed E-state index contributed by atoms with van der Waals surface area (Å²) in [6.45, 7) is 2.10. The summed E-state index contributed by atoms with van der Waals surface area (Å²) in [5, 5.41) is 22.0. The SMILES string of the molecule is CC(CO)CSCC(=O)Nc1sc2c(c1C#N)CCCCC2. The van der Waals surface area contributed by atoms with Crippen molar-refractivity contribution >= 4 is 34.0 Å². The van der Waals surface area contributed by atoms with Gasteiger partial charge in [-0.3, -0.25) is 4.79 Å². The minimum Gasteiger partial charge on any atom is -0.396 e. The van der Waals surface area contributed by atoms with Gasteiger partial charge in [-0.05, 0) is 42.9 Å². The lowest BCUT2D eigenvalue weighted by Crippen LogP contribution is -2.15. The van der Waals surface area contributed by atoms with Crippen LogP contribution in [0.3, 0.4) is 0 Å². The van der Waals surface area contributed by atoms with Crippen molar-refractivity contribution in [1.29, 1.82) is 5.26 Å². The molecule has 1 amide bonds. The number of nitrogens with one attached hydrogen (secondary N) is 1. The number of aryl methyl sites for hydroxylation is 1. The summed E-state index contributed by atoms with van der Waals surface area (Å²) >= 11 is 3.08. The second-order valence-electron chi connectivity index (χ2n) is 5.73. The number of thiophene rings is 1. The van der Waals surface area contributed by atoms with E-state index in [1.807, 2.05) is 6.92 Å². The topological polar surface area (TPSA) is 73.1 Å². The summed E-state index contributed by atoms with van der Waals surface area (Å²) in [5.74, 6) is 1.25. The number of amides is 1. The lowest BCUT2D eigenvalue weighted by Gasteiger charge is -2.07. The van der Waals surface area contributed by atoms with E-state index >= 15 is 0 Å². The number of carbonyl (C=O) groups is 1. The normalized spacial score (nSPS) is 15.5. The Morgan fingerprint density at radius 1 is 1.45 bits per heavy atom. The van der Waals surface area contributed by atoms with Crippen LogP contribution in [-0.4, -0.2) is 29.1 Å². The third-order valence-corrected chi connectivity index (χ3v) is 6.21. The smallest absolute Gasteiger partial charge is 0.235 e. The van der Waals surface area contributed by atoms with Crippen LogP contribution < -0.4 is 5.32 Å². The fraction of sp³-hybridized carbons (Fsp3) is 0.625. The van der Waals surface area contributed by atoms with Gasteiger partial charge in [-0.15, -0.1) is 11.3 Å². The molecule has 22 heavy (non-hydrogen) atoms. The summed E-state index contributed by atoms with van der Waals surface area (Å²) in [7, 11) is 0. The van der Waals surface area contributed by atoms with Gasteiger partial charge in [0.2, 0.25) is 5.91 Å². The maximum Gasteiger partial charge on any atom is 0.235 e. The van der Waals surface area contributed by atoms with Crippen LogP contribution in [-0.2, 0) is 17.6 Å². The number of aliphatic hydroxyl groups is 1. The number of nitrogens with zero attached hydrogens (tertiary/aromatic N) is 1. The van der Waals surface area contributed by atoms with Crippen molar-refractivity contribution in [2.75, 3.05) is 23.4 Å². The summed E-state index contributed by atoms with van der Waals surface area (Å²) in [5.41, 5.74) is 1.82. The summed E-state index contributed by atoms with van der Waals surface area (Å²) in [6.07, 6.45) is 5.48. The van der Waals surface area contributed by atoms with E-state index in [0.29, 0.717) is 11.3 Å². The Balaban J connectivity index is 1.98. The van der Waals surface area contributed by atoms with Crippen LogP contribution >= 0.6 is 23.1 Å². The van der Waals surface area contributed by atoms with Crippen molar-refractivity contribution in [3.8, 4) is 6.07 Å². The van der Waals surface area contributed by atoms with Gasteiger partial charge in [0, 0.05) is 11.5 Å². The molecule has 2 N–H and O–H groups in total. The highest BCUT2D eigenvalue weighted by Gasteiger charge is 2.20. The summed E-state index contributed by atoms with van der Waals surface area (Å²) in [6, 6.07) is 2.28. The van der Waals surface area contributed by atoms with Gasteiger partial charge < -0.3 is 10.4 Å². The zero-order valence-corrected chi connectivity index (χ0v) is 14.5. The van der Waals surface area contributed by atoms with Crippen LogP contribution in [0, 0.1) is 17.2 Å². The zero-order valence-electron chi connectivity index (χ0n) is 12.9. The van der Waals surface area contributed by atoms with Crippen molar-refractivity contribution < 1.29 is 9.90 Å². The second kappa shape index (κ2) is 8.56. The third kappa shape index (κ3) is 4.48. The highest BCUT2D eigenvalue weighted by atomic mass is 32.2. The molecule has 4 nitrogen and oxygen atoms in total. The van der Waals surface area contributed by atoms with Crippen LogP contribution in [0.1, 0.15) is 42.2 Å². The number of thioether (sulfide) groups is 1. The quantitative estimate of drug-likeness (QED) is 0.781. The molecule has 0 radical (unpaired) electrons. The lowest BCUT2D eigenvalue weighted by molar-refractivity contribution is -0.113. The number of anilines is 1. The van der Waals surface area contributed by atoms with Crippen molar-refractivity contribution in [2.45, 2.75) is 39.0 Å². The monoisotopic (exact) mass is 338 g/mol. The number of fused-ring (bicyclic) bond motifs is 1. The molecule has 0 spiro atoms. The van der Waals surface area contributed by atoms with E-state index in [4.69, 9.17) is 5.11 Å². The molecule has 1 aromatic rings. The number of hydrogen-bond donors (Lipinski definition) is 2. The predicted molar refractivity (Wildman–Crippen MR) is 92.5 cm³/mol. The second-order valence-corrected chi connectivity index (χ2v) is 7.87. The molecule has 1 aromatic heterocycles. The molecule has 1 aliphatic carbocycles. The summed E-state index contributed by atoms with van der Waals surface area (Å²) < 4.78 is 0. The van der Waals surface area contributed by atoms with Crippen molar-refractivity contribution in [3.05, 3.63) is 16.0 Å². The number of aliphatic hydroxyl groups excluding tert-OH is 1. The van der Waals surface area contributed by atoms with E-state index in [1.54, 1.807) is 11.3 Å². The van der Waals surface area contributed by atoms with E-state index in [0.717, 1.165) is 35.6 Å². The molecule has 0 saturated carbocycles. The van der Waals surface area contributed by atoms with Gasteiger partial charge in [0.15, 0.2) is 0 Å². The van der Waals surface area contributed by atoms with E-state index in [-0.39, 0.29) is 18.4 Å². The number of nitriles is 1. The fourth-order valence-corrected chi connectivity index (χ4v) is 4.66. The molecule has 0 saturated heterocycles. The number of rotatable bonds is 6. The first-order valence-corrected chi connectivity index (χ1v) is 9.66. The lowest BCUT2D eigenvalue weighted by atomic mass is 10.1. The molecule has 0 aliphatic heterocycles. The first kappa shape index (κ1) is 17.3. The van der Waals surface area contributed by atoms with E-state index in [2.05, 4.69) is 11.4 Å². The van der Waals surface area contributed by atoms with Gasteiger partial charge in [-0.2, -0.15) is 17.0 Å². The molecule has 1 atom stereocenters. The molecule has 1 unspecified atom stereocenters. The van der Waals surface area contributed by atoms with E-state index in [1.165, 1.54) is 29.5 Å². The molecule has 1 heterocycles. The number of hydrogen-bond acceptors (Lipinski definition) is 5. The first-order chi connectivity index (χ1) is 10.7. The van der Waals surface area contributed by atoms with Gasteiger partial charge >= 0.3 is 0 Å². The Morgan fingerprint density at radius 3 is 2.95 bits per heavy atom. The maximum atomic E-state index is 12.0. The number of carbonyl (C=O) groups excluding carboxylic acids is 1. The predicted octanol–water partition coefficient (Wildman–Crippen LogP) is 3.19. The average molecular weight is 338 g/mol. The Morgan fingerprint density at radius 2 is 2.23 bits per heavy atom. The molecular formula is C16H22N2O2S2. The zero-order chi connectivity index (χ0) is 15.9. The minimum atomic E-state index is -0.0666. The molecular weight excluding hydrogens is 316 g/mol. The molecule has 0 fully saturated rings. The molecule has 0 aromatic carbocycles. The average Bonchev–Trinajstić information content (AvgIpc) is 2.67. The minimum absolute atomic E-state index is 0.0666. The van der Waals surface area contributed by atoms with Gasteiger partial charge in [0.05, 0.1) is 11.3 Å². The fourth-order valence-electron chi connectivity index (χ4n) is 2.52. The van der Waals surface area contributed by atoms with Crippen LogP contribution in [0.2, 0.25) is 0 Å². The van der Waals surface area contributed by atoms with Gasteiger partial charge in [0.25, 0.3) is 0 Å². The van der Waals surface area contributed by atoms with Crippen LogP contribution in [0.5, 0.6) is 0 Å². The molecule has 2 rings (SSSR count). The van der Waals surface area contributed by atoms with Crippen molar-refractivity contribution in [2.24, 2.45) is 5.92 Å². The third-order valence-electron chi connectivity index (χ3n) is 3.73. The Kier molecular flexibility index (Phi) is 6.74. The van der Waals surface area contributed by atoms with Crippen molar-refractivity contribution in [3.63, 3.8) is 0 Å². The largest absolute Gasteiger partial charge is 0.396 e. The first-order valence-electron chi connectivity index (χ1n) is 7.68. The molecule has 1 aliphatic rings. The van der Waals surface area contributed by atoms with E-state index in [9.17, 15) is 10.1 Å². The Labute approximate surface area is 139 Å². The molecule has 0 bridgehead atoms. The highest BCUT2D eigenvalue weighted by Crippen LogP contribution is 2.37. The van der Waals surface area contributed by atoms with E-state index < -0.39 is 0 Å². The van der Waals surface area contributed by atoms with Crippen LogP contribution in [0.4, 0.5) is 5.00 Å². The molecule has 120 valence electrons. The Bertz CT molecular complexity index is 563. The maximum absolute atomic E-state index is 12.0. The summed E-state index contributed by atoms with van der Waals surface area (Å²) in [4.78, 5) is 13.3. The van der Waals surface area contributed by atoms with Crippen LogP contribution in [0.15, 0.2) is 0 Å². The Hall–Kier alpha value is -1.03. The van der Waals surface area contributed by atoms with Gasteiger partial charge in [0.1, 0.15) is 11.1 Å².